The maximum atomic E-state index is 5.77. The van der Waals surface area contributed by atoms with E-state index in [2.05, 4.69) is 16.5 Å². The number of nitrogens with two attached hydrogens (primary N) is 1. The van der Waals surface area contributed by atoms with Crippen LogP contribution in [-0.4, -0.2) is 9.55 Å². The van der Waals surface area contributed by atoms with Gasteiger partial charge in [-0.05, 0) is 13.0 Å². The molecule has 0 atom stereocenters. The molecule has 0 fully saturated rings. The Hall–Kier alpha value is -1.81. The highest BCUT2D eigenvalue weighted by Gasteiger charge is 2.04. The van der Waals surface area contributed by atoms with Gasteiger partial charge in [-0.25, -0.2) is 4.98 Å². The topological polar surface area (TPSA) is 53.1 Å². The molecule has 0 spiro atoms. The zero-order valence-corrected chi connectivity index (χ0v) is 9.97. The maximum Gasteiger partial charge on any atom is 0.130 e. The quantitative estimate of drug-likeness (QED) is 0.855. The van der Waals surface area contributed by atoms with Gasteiger partial charge in [-0.3, -0.25) is 0 Å². The van der Waals surface area contributed by atoms with E-state index in [-0.39, 0.29) is 0 Å². The molecule has 17 heavy (non-hydrogen) atoms. The maximum absolute atomic E-state index is 5.77. The van der Waals surface area contributed by atoms with Gasteiger partial charge in [-0.15, -0.1) is 0 Å². The number of benzene rings is 1. The Morgan fingerprint density at radius 1 is 1.35 bits per heavy atom. The molecule has 0 aliphatic carbocycles. The van der Waals surface area contributed by atoms with Gasteiger partial charge < -0.3 is 15.0 Å². The molecule has 0 saturated heterocycles. The van der Waals surface area contributed by atoms with Gasteiger partial charge in [-0.1, -0.05) is 18.2 Å². The van der Waals surface area contributed by atoms with E-state index in [1.165, 1.54) is 0 Å². The van der Waals surface area contributed by atoms with Crippen molar-refractivity contribution >= 4 is 0 Å². The van der Waals surface area contributed by atoms with Crippen LogP contribution in [-0.2, 0) is 19.7 Å². The van der Waals surface area contributed by atoms with Crippen LogP contribution in [0.1, 0.15) is 18.2 Å². The van der Waals surface area contributed by atoms with Crippen molar-refractivity contribution in [2.75, 3.05) is 0 Å². The summed E-state index contributed by atoms with van der Waals surface area (Å²) >= 11 is 0. The Bertz CT molecular complexity index is 479. The van der Waals surface area contributed by atoms with Crippen LogP contribution in [0.15, 0.2) is 36.8 Å². The van der Waals surface area contributed by atoms with Crippen molar-refractivity contribution in [2.45, 2.75) is 26.6 Å². The number of rotatable bonds is 5. The minimum absolute atomic E-state index is 0.489. The van der Waals surface area contributed by atoms with Gasteiger partial charge in [0.1, 0.15) is 12.4 Å². The third kappa shape index (κ3) is 2.65. The van der Waals surface area contributed by atoms with Gasteiger partial charge in [0.2, 0.25) is 0 Å². The highest BCUT2D eigenvalue weighted by molar-refractivity contribution is 5.33. The monoisotopic (exact) mass is 231 g/mol. The molecule has 1 aromatic heterocycles. The molecule has 1 aromatic carbocycles. The minimum Gasteiger partial charge on any atom is -0.487 e. The fraction of sp³-hybridized carbons (Fsp3) is 0.308. The van der Waals surface area contributed by atoms with Crippen LogP contribution in [0, 0.1) is 0 Å². The molecule has 0 saturated carbocycles. The van der Waals surface area contributed by atoms with E-state index in [4.69, 9.17) is 10.5 Å². The number of aryl methyl sites for hydroxylation is 1. The summed E-state index contributed by atoms with van der Waals surface area (Å²) in [6, 6.07) is 7.83. The molecule has 2 aromatic rings. The largest absolute Gasteiger partial charge is 0.487 e. The van der Waals surface area contributed by atoms with E-state index in [0.717, 1.165) is 23.6 Å². The number of nitrogens with zero attached hydrogens (tertiary/aromatic N) is 2. The molecule has 0 bridgehead atoms. The van der Waals surface area contributed by atoms with Gasteiger partial charge in [0.15, 0.2) is 0 Å². The van der Waals surface area contributed by atoms with Crippen LogP contribution < -0.4 is 10.5 Å². The van der Waals surface area contributed by atoms with Crippen molar-refractivity contribution in [3.63, 3.8) is 0 Å². The lowest BCUT2D eigenvalue weighted by Crippen LogP contribution is -2.06. The van der Waals surface area contributed by atoms with E-state index in [0.29, 0.717) is 13.2 Å². The van der Waals surface area contributed by atoms with Crippen LogP contribution in [0.3, 0.4) is 0 Å². The van der Waals surface area contributed by atoms with Crippen molar-refractivity contribution < 1.29 is 4.74 Å². The normalized spacial score (nSPS) is 10.5. The number of aromatic nitrogens is 2. The van der Waals surface area contributed by atoms with Crippen molar-refractivity contribution in [1.82, 2.24) is 9.55 Å². The molecule has 0 aliphatic heterocycles. The fourth-order valence-corrected chi connectivity index (χ4v) is 1.72. The number of ether oxygens (including phenoxy) is 1. The SMILES string of the molecule is CCn1cncc1COc1ccccc1CN. The molecule has 1 heterocycles. The summed E-state index contributed by atoms with van der Waals surface area (Å²) in [6.07, 6.45) is 3.64. The minimum atomic E-state index is 0.489. The molecular formula is C13H17N3O. The van der Waals surface area contributed by atoms with E-state index >= 15 is 0 Å². The number of para-hydroxylation sites is 1. The summed E-state index contributed by atoms with van der Waals surface area (Å²) in [5.41, 5.74) is 7.75. The molecule has 4 heteroatoms. The Kier molecular flexibility index (Phi) is 3.77. The summed E-state index contributed by atoms with van der Waals surface area (Å²) in [5.74, 6) is 0.846. The zero-order valence-electron chi connectivity index (χ0n) is 9.97. The van der Waals surface area contributed by atoms with E-state index in [1.54, 1.807) is 0 Å². The highest BCUT2D eigenvalue weighted by atomic mass is 16.5. The molecule has 4 nitrogen and oxygen atoms in total. The number of hydrogen-bond donors (Lipinski definition) is 1. The third-order valence-electron chi connectivity index (χ3n) is 2.71. The fourth-order valence-electron chi connectivity index (χ4n) is 1.72. The molecule has 0 aliphatic rings. The first kappa shape index (κ1) is 11.7. The Morgan fingerprint density at radius 2 is 2.18 bits per heavy atom. The Morgan fingerprint density at radius 3 is 2.94 bits per heavy atom. The highest BCUT2D eigenvalue weighted by Crippen LogP contribution is 2.18. The second-order valence-electron chi connectivity index (χ2n) is 3.77. The first-order valence-corrected chi connectivity index (χ1v) is 5.75. The molecule has 0 radical (unpaired) electrons. The summed E-state index contributed by atoms with van der Waals surface area (Å²) in [4.78, 5) is 4.11. The van der Waals surface area contributed by atoms with Gasteiger partial charge >= 0.3 is 0 Å². The zero-order chi connectivity index (χ0) is 12.1. The van der Waals surface area contributed by atoms with E-state index < -0.39 is 0 Å². The van der Waals surface area contributed by atoms with E-state index in [1.807, 2.05) is 36.8 Å². The summed E-state index contributed by atoms with van der Waals surface area (Å²) in [5, 5.41) is 0. The van der Waals surface area contributed by atoms with Crippen LogP contribution >= 0.6 is 0 Å². The Labute approximate surface area is 101 Å². The average molecular weight is 231 g/mol. The smallest absolute Gasteiger partial charge is 0.130 e. The van der Waals surface area contributed by atoms with Crippen LogP contribution in [0.5, 0.6) is 5.75 Å². The predicted molar refractivity (Wildman–Crippen MR) is 66.6 cm³/mol. The number of hydrogen-bond acceptors (Lipinski definition) is 3. The van der Waals surface area contributed by atoms with Crippen molar-refractivity contribution in [2.24, 2.45) is 5.73 Å². The van der Waals surface area contributed by atoms with Gasteiger partial charge in [0, 0.05) is 18.7 Å². The molecule has 2 rings (SSSR count). The second-order valence-corrected chi connectivity index (χ2v) is 3.77. The van der Waals surface area contributed by atoms with Crippen molar-refractivity contribution in [3.05, 3.63) is 48.0 Å². The van der Waals surface area contributed by atoms with Gasteiger partial charge in [-0.2, -0.15) is 0 Å². The predicted octanol–water partition coefficient (Wildman–Crippen LogP) is 1.94. The Balaban J connectivity index is 2.07. The number of imidazole rings is 1. The molecule has 2 N–H and O–H groups in total. The van der Waals surface area contributed by atoms with Crippen molar-refractivity contribution in [3.8, 4) is 5.75 Å². The average Bonchev–Trinajstić information content (AvgIpc) is 2.84. The molecule has 0 unspecified atom stereocenters. The third-order valence-corrected chi connectivity index (χ3v) is 2.71. The molecular weight excluding hydrogens is 214 g/mol. The van der Waals surface area contributed by atoms with E-state index in [9.17, 15) is 0 Å². The summed E-state index contributed by atoms with van der Waals surface area (Å²) in [6.45, 7) is 3.99. The standard InChI is InChI=1S/C13H17N3O/c1-2-16-10-15-8-12(16)9-17-13-6-4-3-5-11(13)7-14/h3-6,8,10H,2,7,9,14H2,1H3. The first-order chi connectivity index (χ1) is 8.35. The second kappa shape index (κ2) is 5.50. The van der Waals surface area contributed by atoms with Gasteiger partial charge in [0.05, 0.1) is 18.2 Å². The molecule has 90 valence electrons. The van der Waals surface area contributed by atoms with Crippen LogP contribution in [0.2, 0.25) is 0 Å². The van der Waals surface area contributed by atoms with Gasteiger partial charge in [0.25, 0.3) is 0 Å². The lowest BCUT2D eigenvalue weighted by atomic mass is 10.2. The van der Waals surface area contributed by atoms with Crippen LogP contribution in [0.4, 0.5) is 0 Å². The van der Waals surface area contributed by atoms with Crippen LogP contribution in [0.25, 0.3) is 0 Å². The summed E-state index contributed by atoms with van der Waals surface area (Å²) < 4.78 is 7.83. The summed E-state index contributed by atoms with van der Waals surface area (Å²) in [7, 11) is 0. The molecule has 0 amide bonds. The lowest BCUT2D eigenvalue weighted by molar-refractivity contribution is 0.292. The lowest BCUT2D eigenvalue weighted by Gasteiger charge is -2.11. The first-order valence-electron chi connectivity index (χ1n) is 5.75. The van der Waals surface area contributed by atoms with Crippen molar-refractivity contribution in [1.29, 1.82) is 0 Å².